The topological polar surface area (TPSA) is 49.7 Å². The smallest absolute Gasteiger partial charge is 0.419 e. The molecule has 6 heteroatoms. The molecule has 0 radical (unpaired) electrons. The van der Waals surface area contributed by atoms with Gasteiger partial charge in [0.25, 0.3) is 0 Å². The lowest BCUT2D eigenvalue weighted by Crippen LogP contribution is -2.10. The zero-order valence-electron chi connectivity index (χ0n) is 9.70. The number of hydrogen-bond acceptors (Lipinski definition) is 3. The summed E-state index contributed by atoms with van der Waals surface area (Å²) in [5, 5.41) is 17.4. The fourth-order valence-electron chi connectivity index (χ4n) is 1.42. The second-order valence-electron chi connectivity index (χ2n) is 3.77. The lowest BCUT2D eigenvalue weighted by Gasteiger charge is -2.14. The Labute approximate surface area is 103 Å². The van der Waals surface area contributed by atoms with Crippen LogP contribution in [0.3, 0.4) is 0 Å². The van der Waals surface area contributed by atoms with Crippen molar-refractivity contribution < 1.29 is 28.1 Å². The third-order valence-electron chi connectivity index (χ3n) is 2.34. The lowest BCUT2D eigenvalue weighted by molar-refractivity contribution is -0.139. The second kappa shape index (κ2) is 6.61. The van der Waals surface area contributed by atoms with Crippen molar-refractivity contribution in [3.63, 3.8) is 0 Å². The summed E-state index contributed by atoms with van der Waals surface area (Å²) >= 11 is 0. The lowest BCUT2D eigenvalue weighted by atomic mass is 10.1. The molecule has 1 aromatic rings. The quantitative estimate of drug-likeness (QED) is 0.775. The van der Waals surface area contributed by atoms with E-state index in [-0.39, 0.29) is 24.5 Å². The summed E-state index contributed by atoms with van der Waals surface area (Å²) in [6, 6.07) is 3.46. The number of aliphatic hydroxyl groups excluding tert-OH is 2. The number of halogens is 3. The molecule has 0 saturated heterocycles. The molecule has 0 aliphatic carbocycles. The number of rotatable bonds is 6. The Morgan fingerprint density at radius 1 is 1.11 bits per heavy atom. The van der Waals surface area contributed by atoms with Gasteiger partial charge >= 0.3 is 6.18 Å². The molecule has 1 aromatic carbocycles. The van der Waals surface area contributed by atoms with Crippen molar-refractivity contribution in [2.75, 3.05) is 13.2 Å². The van der Waals surface area contributed by atoms with E-state index < -0.39 is 18.3 Å². The van der Waals surface area contributed by atoms with Crippen molar-refractivity contribution in [2.24, 2.45) is 0 Å². The van der Waals surface area contributed by atoms with Crippen molar-refractivity contribution in [3.05, 3.63) is 29.3 Å². The number of ether oxygens (including phenoxy) is 1. The molecule has 0 aromatic heterocycles. The minimum atomic E-state index is -4.52. The van der Waals surface area contributed by atoms with E-state index in [0.717, 1.165) is 6.07 Å². The highest BCUT2D eigenvalue weighted by Gasteiger charge is 2.34. The van der Waals surface area contributed by atoms with E-state index >= 15 is 0 Å². The van der Waals surface area contributed by atoms with E-state index in [1.54, 1.807) is 0 Å². The van der Waals surface area contributed by atoms with Gasteiger partial charge in [0.1, 0.15) is 5.75 Å². The first-order chi connectivity index (χ1) is 8.49. The molecule has 0 unspecified atom stereocenters. The Balaban J connectivity index is 2.82. The Morgan fingerprint density at radius 2 is 1.83 bits per heavy atom. The van der Waals surface area contributed by atoms with E-state index in [9.17, 15) is 13.2 Å². The van der Waals surface area contributed by atoms with Crippen LogP contribution < -0.4 is 4.74 Å². The normalized spacial score (nSPS) is 11.6. The molecule has 0 saturated carbocycles. The number of benzene rings is 1. The number of alkyl halides is 3. The van der Waals surface area contributed by atoms with Crippen molar-refractivity contribution in [1.82, 2.24) is 0 Å². The summed E-state index contributed by atoms with van der Waals surface area (Å²) in [5.41, 5.74) is -0.705. The molecule has 2 N–H and O–H groups in total. The molecule has 3 nitrogen and oxygen atoms in total. The van der Waals surface area contributed by atoms with Gasteiger partial charge in [0.05, 0.1) is 18.8 Å². The summed E-state index contributed by atoms with van der Waals surface area (Å²) in [5.74, 6) is -0.252. The van der Waals surface area contributed by atoms with Crippen LogP contribution in [0.25, 0.3) is 0 Å². The highest BCUT2D eigenvalue weighted by molar-refractivity contribution is 5.39. The molecule has 0 spiro atoms. The minimum Gasteiger partial charge on any atom is -0.493 e. The zero-order chi connectivity index (χ0) is 13.6. The second-order valence-corrected chi connectivity index (χ2v) is 3.77. The van der Waals surface area contributed by atoms with E-state index in [2.05, 4.69) is 0 Å². The van der Waals surface area contributed by atoms with Gasteiger partial charge in [0.2, 0.25) is 0 Å². The Kier molecular flexibility index (Phi) is 5.43. The maximum absolute atomic E-state index is 12.7. The van der Waals surface area contributed by atoms with Gasteiger partial charge in [-0.25, -0.2) is 0 Å². The maximum atomic E-state index is 12.7. The highest BCUT2D eigenvalue weighted by atomic mass is 19.4. The number of hydrogen-bond donors (Lipinski definition) is 2. The molecular weight excluding hydrogens is 249 g/mol. The predicted octanol–water partition coefficient (Wildman–Crippen LogP) is 2.35. The van der Waals surface area contributed by atoms with Crippen LogP contribution in [-0.2, 0) is 12.8 Å². The summed E-state index contributed by atoms with van der Waals surface area (Å²) in [4.78, 5) is 0. The van der Waals surface area contributed by atoms with Gasteiger partial charge in [-0.2, -0.15) is 13.2 Å². The van der Waals surface area contributed by atoms with Gasteiger partial charge in [0.15, 0.2) is 0 Å². The van der Waals surface area contributed by atoms with Crippen LogP contribution in [-0.4, -0.2) is 23.4 Å². The third-order valence-corrected chi connectivity index (χ3v) is 2.34. The van der Waals surface area contributed by atoms with Gasteiger partial charge in [-0.05, 0) is 30.5 Å². The monoisotopic (exact) mass is 264 g/mol. The average molecular weight is 264 g/mol. The Hall–Kier alpha value is -1.27. The van der Waals surface area contributed by atoms with Crippen LogP contribution in [0.5, 0.6) is 5.75 Å². The largest absolute Gasteiger partial charge is 0.493 e. The van der Waals surface area contributed by atoms with E-state index in [4.69, 9.17) is 14.9 Å². The fraction of sp³-hybridized carbons (Fsp3) is 0.500. The zero-order valence-corrected chi connectivity index (χ0v) is 9.70. The summed E-state index contributed by atoms with van der Waals surface area (Å²) in [6.45, 7) is -0.352. The first kappa shape index (κ1) is 14.8. The van der Waals surface area contributed by atoms with Gasteiger partial charge in [-0.3, -0.25) is 0 Å². The summed E-state index contributed by atoms with van der Waals surface area (Å²) in [6.07, 6.45) is -3.55. The molecule has 0 aliphatic heterocycles. The number of aliphatic hydroxyl groups is 2. The van der Waals surface area contributed by atoms with Crippen LogP contribution >= 0.6 is 0 Å². The highest BCUT2D eigenvalue weighted by Crippen LogP contribution is 2.36. The third kappa shape index (κ3) is 4.19. The van der Waals surface area contributed by atoms with Crippen LogP contribution in [0, 0.1) is 0 Å². The Morgan fingerprint density at radius 3 is 2.39 bits per heavy atom. The fourth-order valence-corrected chi connectivity index (χ4v) is 1.42. The molecule has 0 bridgehead atoms. The first-order valence-corrected chi connectivity index (χ1v) is 5.53. The maximum Gasteiger partial charge on any atom is 0.419 e. The van der Waals surface area contributed by atoms with E-state index in [1.807, 2.05) is 0 Å². The van der Waals surface area contributed by atoms with Crippen LogP contribution in [0.2, 0.25) is 0 Å². The first-order valence-electron chi connectivity index (χ1n) is 5.53. The summed E-state index contributed by atoms with van der Waals surface area (Å²) < 4.78 is 43.3. The molecule has 0 atom stereocenters. The van der Waals surface area contributed by atoms with E-state index in [1.165, 1.54) is 12.1 Å². The Bertz CT molecular complexity index is 377. The molecule has 0 aliphatic rings. The van der Waals surface area contributed by atoms with Crippen molar-refractivity contribution in [2.45, 2.75) is 25.6 Å². The van der Waals surface area contributed by atoms with Gasteiger partial charge in [0, 0.05) is 6.61 Å². The number of unbranched alkanes of at least 4 members (excludes halogenated alkanes) is 1. The van der Waals surface area contributed by atoms with Crippen LogP contribution in [0.4, 0.5) is 13.2 Å². The molecule has 0 heterocycles. The molecular formula is C12H15F3O3. The molecule has 102 valence electrons. The van der Waals surface area contributed by atoms with Gasteiger partial charge in [-0.15, -0.1) is 0 Å². The van der Waals surface area contributed by atoms with Crippen LogP contribution in [0.15, 0.2) is 18.2 Å². The van der Waals surface area contributed by atoms with E-state index in [0.29, 0.717) is 12.8 Å². The van der Waals surface area contributed by atoms with Crippen molar-refractivity contribution in [1.29, 1.82) is 0 Å². The average Bonchev–Trinajstić information content (AvgIpc) is 2.33. The molecule has 0 amide bonds. The van der Waals surface area contributed by atoms with Crippen molar-refractivity contribution in [3.8, 4) is 5.75 Å². The molecule has 18 heavy (non-hydrogen) atoms. The summed E-state index contributed by atoms with van der Waals surface area (Å²) in [7, 11) is 0. The molecule has 0 fully saturated rings. The molecule has 1 rings (SSSR count). The minimum absolute atomic E-state index is 0.0149. The van der Waals surface area contributed by atoms with Gasteiger partial charge in [-0.1, -0.05) is 6.07 Å². The predicted molar refractivity (Wildman–Crippen MR) is 59.2 cm³/mol. The van der Waals surface area contributed by atoms with Crippen molar-refractivity contribution >= 4 is 0 Å². The van der Waals surface area contributed by atoms with Gasteiger partial charge < -0.3 is 14.9 Å². The standard InChI is InChI=1S/C12H15F3O3/c13-12(14,15)10-7-9(8-17)3-4-11(10)18-6-2-1-5-16/h3-4,7,16-17H,1-2,5-6,8H2. The SMILES string of the molecule is OCCCCOc1ccc(CO)cc1C(F)(F)F. The van der Waals surface area contributed by atoms with Crippen LogP contribution in [0.1, 0.15) is 24.0 Å².